The minimum absolute atomic E-state index is 0.273. The lowest BCUT2D eigenvalue weighted by Crippen LogP contribution is -2.43. The van der Waals surface area contributed by atoms with Crippen LogP contribution in [0.2, 0.25) is 0 Å². The van der Waals surface area contributed by atoms with Crippen LogP contribution in [0.4, 0.5) is 0 Å². The number of hydrogen-bond acceptors (Lipinski definition) is 3. The topological polar surface area (TPSA) is 37.8 Å². The zero-order chi connectivity index (χ0) is 12.3. The van der Waals surface area contributed by atoms with Crippen LogP contribution >= 0.6 is 0 Å². The molecule has 1 aromatic rings. The summed E-state index contributed by atoms with van der Waals surface area (Å²) < 4.78 is 0. The van der Waals surface area contributed by atoms with Crippen LogP contribution in [0.15, 0.2) is 12.3 Å². The van der Waals surface area contributed by atoms with E-state index in [9.17, 15) is 0 Å². The molecule has 0 bridgehead atoms. The third-order valence-electron chi connectivity index (χ3n) is 3.48. The van der Waals surface area contributed by atoms with Crippen LogP contribution < -0.4 is 5.32 Å². The molecule has 2 heterocycles. The van der Waals surface area contributed by atoms with Gasteiger partial charge in [-0.3, -0.25) is 0 Å². The van der Waals surface area contributed by atoms with E-state index in [1.807, 2.05) is 13.1 Å². The predicted octanol–water partition coefficient (Wildman–Crippen LogP) is 2.50. The van der Waals surface area contributed by atoms with Crippen LogP contribution in [-0.2, 0) is 6.42 Å². The summed E-state index contributed by atoms with van der Waals surface area (Å²) >= 11 is 0. The van der Waals surface area contributed by atoms with Crippen molar-refractivity contribution in [1.29, 1.82) is 0 Å². The van der Waals surface area contributed by atoms with Crippen LogP contribution in [0.3, 0.4) is 0 Å². The molecule has 1 atom stereocenters. The summed E-state index contributed by atoms with van der Waals surface area (Å²) in [5.41, 5.74) is 1.45. The molecule has 17 heavy (non-hydrogen) atoms. The van der Waals surface area contributed by atoms with Crippen molar-refractivity contribution in [2.24, 2.45) is 5.92 Å². The third-order valence-corrected chi connectivity index (χ3v) is 3.48. The summed E-state index contributed by atoms with van der Waals surface area (Å²) in [6.07, 6.45) is 6.70. The van der Waals surface area contributed by atoms with Crippen molar-refractivity contribution in [2.45, 2.75) is 52.0 Å². The largest absolute Gasteiger partial charge is 0.311 e. The van der Waals surface area contributed by atoms with Crippen LogP contribution in [-0.4, -0.2) is 22.1 Å². The van der Waals surface area contributed by atoms with E-state index in [1.54, 1.807) is 0 Å². The van der Waals surface area contributed by atoms with Crippen molar-refractivity contribution < 1.29 is 0 Å². The van der Waals surface area contributed by atoms with Gasteiger partial charge in [0.05, 0.1) is 0 Å². The summed E-state index contributed by atoms with van der Waals surface area (Å²) in [6, 6.07) is 2.05. The Labute approximate surface area is 104 Å². The van der Waals surface area contributed by atoms with Gasteiger partial charge in [0, 0.05) is 23.9 Å². The van der Waals surface area contributed by atoms with Gasteiger partial charge in [0.1, 0.15) is 5.82 Å². The maximum atomic E-state index is 4.54. The monoisotopic (exact) mass is 233 g/mol. The summed E-state index contributed by atoms with van der Waals surface area (Å²) in [4.78, 5) is 8.70. The number of aryl methyl sites for hydroxylation is 1. The maximum absolute atomic E-state index is 4.54. The van der Waals surface area contributed by atoms with Crippen molar-refractivity contribution in [1.82, 2.24) is 15.3 Å². The van der Waals surface area contributed by atoms with Gasteiger partial charge in [0.2, 0.25) is 0 Å². The second kappa shape index (κ2) is 5.13. The van der Waals surface area contributed by atoms with E-state index in [-0.39, 0.29) is 5.54 Å². The molecular formula is C14H23N3. The Morgan fingerprint density at radius 2 is 2.29 bits per heavy atom. The van der Waals surface area contributed by atoms with Gasteiger partial charge in [-0.2, -0.15) is 0 Å². The van der Waals surface area contributed by atoms with E-state index in [0.29, 0.717) is 0 Å². The lowest BCUT2D eigenvalue weighted by molar-refractivity contribution is 0.299. The molecule has 0 aliphatic carbocycles. The number of aromatic nitrogens is 2. The van der Waals surface area contributed by atoms with Gasteiger partial charge in [0.15, 0.2) is 0 Å². The molecule has 1 aliphatic heterocycles. The van der Waals surface area contributed by atoms with E-state index in [4.69, 9.17) is 0 Å². The Balaban J connectivity index is 2.12. The SMILES string of the molecule is Cc1nccc(CC2(CC(C)C)CCCN2)n1. The first-order valence-corrected chi connectivity index (χ1v) is 6.63. The molecule has 1 aliphatic rings. The van der Waals surface area contributed by atoms with E-state index in [1.165, 1.54) is 25.0 Å². The molecule has 94 valence electrons. The Kier molecular flexibility index (Phi) is 3.77. The molecular weight excluding hydrogens is 210 g/mol. The van der Waals surface area contributed by atoms with Crippen molar-refractivity contribution in [3.8, 4) is 0 Å². The fraction of sp³-hybridized carbons (Fsp3) is 0.714. The molecule has 1 fully saturated rings. The Morgan fingerprint density at radius 1 is 1.47 bits per heavy atom. The Morgan fingerprint density at radius 3 is 2.88 bits per heavy atom. The first-order chi connectivity index (χ1) is 8.10. The van der Waals surface area contributed by atoms with Crippen molar-refractivity contribution in [2.75, 3.05) is 6.54 Å². The number of hydrogen-bond donors (Lipinski definition) is 1. The maximum Gasteiger partial charge on any atom is 0.125 e. The van der Waals surface area contributed by atoms with Crippen LogP contribution in [0, 0.1) is 12.8 Å². The second-order valence-electron chi connectivity index (χ2n) is 5.68. The second-order valence-corrected chi connectivity index (χ2v) is 5.68. The molecule has 2 rings (SSSR count). The Hall–Kier alpha value is -0.960. The van der Waals surface area contributed by atoms with Crippen molar-refractivity contribution in [3.05, 3.63) is 23.8 Å². The average molecular weight is 233 g/mol. The van der Waals surface area contributed by atoms with Crippen LogP contribution in [0.1, 0.15) is 44.6 Å². The fourth-order valence-electron chi connectivity index (χ4n) is 3.00. The minimum atomic E-state index is 0.273. The lowest BCUT2D eigenvalue weighted by atomic mass is 9.83. The number of nitrogens with one attached hydrogen (secondary N) is 1. The molecule has 1 aromatic heterocycles. The minimum Gasteiger partial charge on any atom is -0.311 e. The number of rotatable bonds is 4. The quantitative estimate of drug-likeness (QED) is 0.868. The van der Waals surface area contributed by atoms with Gasteiger partial charge < -0.3 is 5.32 Å². The average Bonchev–Trinajstić information content (AvgIpc) is 2.65. The first-order valence-electron chi connectivity index (χ1n) is 6.63. The molecule has 1 saturated heterocycles. The predicted molar refractivity (Wildman–Crippen MR) is 69.9 cm³/mol. The zero-order valence-corrected chi connectivity index (χ0v) is 11.2. The lowest BCUT2D eigenvalue weighted by Gasteiger charge is -2.31. The smallest absolute Gasteiger partial charge is 0.125 e. The van der Waals surface area contributed by atoms with Gasteiger partial charge in [-0.05, 0) is 44.7 Å². The highest BCUT2D eigenvalue weighted by molar-refractivity contribution is 5.09. The van der Waals surface area contributed by atoms with E-state index in [2.05, 4.69) is 35.2 Å². The molecule has 1 unspecified atom stereocenters. The third kappa shape index (κ3) is 3.25. The van der Waals surface area contributed by atoms with E-state index >= 15 is 0 Å². The van der Waals surface area contributed by atoms with Crippen molar-refractivity contribution >= 4 is 0 Å². The molecule has 0 saturated carbocycles. The van der Waals surface area contributed by atoms with Gasteiger partial charge in [-0.1, -0.05) is 13.8 Å². The summed E-state index contributed by atoms with van der Waals surface area (Å²) in [5, 5.41) is 3.71. The first kappa shape index (κ1) is 12.5. The van der Waals surface area contributed by atoms with Crippen LogP contribution in [0.5, 0.6) is 0 Å². The highest BCUT2D eigenvalue weighted by atomic mass is 15.0. The van der Waals surface area contributed by atoms with E-state index < -0.39 is 0 Å². The Bertz CT molecular complexity index is 367. The standard InChI is InChI=1S/C14H23N3/c1-11(2)9-14(6-4-7-16-14)10-13-5-8-15-12(3)17-13/h5,8,11,16H,4,6-7,9-10H2,1-3H3. The van der Waals surface area contributed by atoms with Gasteiger partial charge in [-0.15, -0.1) is 0 Å². The molecule has 0 radical (unpaired) electrons. The highest BCUT2D eigenvalue weighted by Gasteiger charge is 2.34. The van der Waals surface area contributed by atoms with Gasteiger partial charge >= 0.3 is 0 Å². The summed E-state index contributed by atoms with van der Waals surface area (Å²) in [5.74, 6) is 1.60. The van der Waals surface area contributed by atoms with E-state index in [0.717, 1.165) is 24.7 Å². The molecule has 0 aromatic carbocycles. The normalized spacial score (nSPS) is 24.5. The summed E-state index contributed by atoms with van der Waals surface area (Å²) in [7, 11) is 0. The molecule has 3 heteroatoms. The molecule has 1 N–H and O–H groups in total. The summed E-state index contributed by atoms with van der Waals surface area (Å²) in [6.45, 7) is 7.71. The molecule has 3 nitrogen and oxygen atoms in total. The zero-order valence-electron chi connectivity index (χ0n) is 11.2. The molecule has 0 spiro atoms. The highest BCUT2D eigenvalue weighted by Crippen LogP contribution is 2.30. The number of nitrogens with zero attached hydrogens (tertiary/aromatic N) is 2. The van der Waals surface area contributed by atoms with Gasteiger partial charge in [-0.25, -0.2) is 9.97 Å². The molecule has 0 amide bonds. The fourth-order valence-corrected chi connectivity index (χ4v) is 3.00. The van der Waals surface area contributed by atoms with Crippen molar-refractivity contribution in [3.63, 3.8) is 0 Å². The van der Waals surface area contributed by atoms with Crippen LogP contribution in [0.25, 0.3) is 0 Å². The van der Waals surface area contributed by atoms with Gasteiger partial charge in [0.25, 0.3) is 0 Å².